The lowest BCUT2D eigenvalue weighted by Gasteiger charge is -2.26. The summed E-state index contributed by atoms with van der Waals surface area (Å²) in [6, 6.07) is 35.1. The molecule has 8 rings (SSSR count). The van der Waals surface area contributed by atoms with Crippen molar-refractivity contribution in [2.75, 3.05) is 65.7 Å². The van der Waals surface area contributed by atoms with Crippen LogP contribution in [-0.4, -0.2) is 95.1 Å². The van der Waals surface area contributed by atoms with Crippen molar-refractivity contribution in [3.05, 3.63) is 129 Å². The van der Waals surface area contributed by atoms with Crippen molar-refractivity contribution in [1.29, 1.82) is 0 Å². The van der Waals surface area contributed by atoms with Gasteiger partial charge in [0.15, 0.2) is 0 Å². The summed E-state index contributed by atoms with van der Waals surface area (Å²) in [6.07, 6.45) is 2.56. The molecule has 2 aliphatic heterocycles. The molecule has 0 atom stereocenters. The second kappa shape index (κ2) is 19.2. The molecule has 0 radical (unpaired) electrons. The van der Waals surface area contributed by atoms with Crippen molar-refractivity contribution >= 4 is 46.4 Å². The first-order valence-corrected chi connectivity index (χ1v) is 19.9. The molecule has 2 aliphatic rings. The number of aromatic nitrogens is 4. The van der Waals surface area contributed by atoms with Crippen molar-refractivity contribution in [2.45, 2.75) is 12.8 Å². The maximum atomic E-state index is 6.22. The maximum Gasteiger partial charge on any atom is 0.233 e. The lowest BCUT2D eigenvalue weighted by atomic mass is 10.1. The van der Waals surface area contributed by atoms with Crippen LogP contribution in [0.3, 0.4) is 0 Å². The topological polar surface area (TPSA) is 69.8 Å². The number of ether oxygens (including phenoxy) is 3. The Hall–Kier alpha value is -4.06. The fourth-order valence-electron chi connectivity index (χ4n) is 6.51. The summed E-state index contributed by atoms with van der Waals surface area (Å²) in [4.78, 5) is 4.76. The number of morpholine rings is 1. The number of likely N-dealkylation sites (tertiary alicyclic amines) is 1. The summed E-state index contributed by atoms with van der Waals surface area (Å²) >= 11 is 24.6. The van der Waals surface area contributed by atoms with Gasteiger partial charge in [0.2, 0.25) is 11.8 Å². The van der Waals surface area contributed by atoms with Crippen LogP contribution in [-0.2, 0) is 4.74 Å². The summed E-state index contributed by atoms with van der Waals surface area (Å²) < 4.78 is 21.0. The average molecular weight is 821 g/mol. The van der Waals surface area contributed by atoms with Gasteiger partial charge in [-0.2, -0.15) is 0 Å². The van der Waals surface area contributed by atoms with Crippen molar-refractivity contribution in [1.82, 2.24) is 29.4 Å². The normalized spacial score (nSPS) is 14.8. The molecule has 0 spiro atoms. The summed E-state index contributed by atoms with van der Waals surface area (Å²) in [5.41, 5.74) is 5.66. The molecule has 0 aliphatic carbocycles. The maximum absolute atomic E-state index is 6.22. The van der Waals surface area contributed by atoms with Gasteiger partial charge in [-0.1, -0.05) is 107 Å². The molecule has 0 saturated carbocycles. The van der Waals surface area contributed by atoms with E-state index in [-0.39, 0.29) is 0 Å². The molecule has 6 aromatic rings. The number of halogens is 4. The van der Waals surface area contributed by atoms with E-state index in [1.54, 1.807) is 18.2 Å². The Morgan fingerprint density at radius 2 is 0.945 bits per heavy atom. The van der Waals surface area contributed by atoms with Gasteiger partial charge in [0.05, 0.1) is 56.1 Å². The van der Waals surface area contributed by atoms with Crippen molar-refractivity contribution in [3.63, 3.8) is 0 Å². The van der Waals surface area contributed by atoms with E-state index >= 15 is 0 Å². The smallest absolute Gasteiger partial charge is 0.233 e. The van der Waals surface area contributed by atoms with Crippen molar-refractivity contribution < 1.29 is 14.2 Å². The van der Waals surface area contributed by atoms with E-state index in [4.69, 9.17) is 60.6 Å². The Balaban J connectivity index is 0.000000169. The highest BCUT2D eigenvalue weighted by Crippen LogP contribution is 2.32. The zero-order valence-corrected chi connectivity index (χ0v) is 33.3. The van der Waals surface area contributed by atoms with E-state index in [0.717, 1.165) is 86.4 Å². The van der Waals surface area contributed by atoms with Crippen LogP contribution in [0, 0.1) is 0 Å². The minimum absolute atomic E-state index is 0.489. The molecule has 0 amide bonds. The molecule has 55 heavy (non-hydrogen) atoms. The first-order chi connectivity index (χ1) is 26.9. The average Bonchev–Trinajstić information content (AvgIpc) is 4.00. The van der Waals surface area contributed by atoms with Crippen LogP contribution in [0.4, 0.5) is 0 Å². The molecule has 2 aromatic heterocycles. The molecule has 0 unspecified atom stereocenters. The van der Waals surface area contributed by atoms with Gasteiger partial charge in [0.25, 0.3) is 0 Å². The van der Waals surface area contributed by atoms with Gasteiger partial charge in [-0.25, -0.2) is 9.36 Å². The largest absolute Gasteiger partial charge is 0.475 e. The van der Waals surface area contributed by atoms with Crippen LogP contribution in [0.1, 0.15) is 12.8 Å². The minimum Gasteiger partial charge on any atom is -0.475 e. The number of hydrogen-bond donors (Lipinski definition) is 0. The summed E-state index contributed by atoms with van der Waals surface area (Å²) in [7, 11) is 0. The molecule has 2 fully saturated rings. The lowest BCUT2D eigenvalue weighted by Crippen LogP contribution is -2.38. The summed E-state index contributed by atoms with van der Waals surface area (Å²) in [6.45, 7) is 8.76. The van der Waals surface area contributed by atoms with E-state index in [1.165, 1.54) is 12.8 Å². The van der Waals surface area contributed by atoms with Gasteiger partial charge in [-0.05, 0) is 62.3 Å². The van der Waals surface area contributed by atoms with E-state index in [2.05, 4.69) is 32.1 Å². The molecular weight excluding hydrogens is 778 g/mol. The van der Waals surface area contributed by atoms with Gasteiger partial charge < -0.3 is 14.2 Å². The monoisotopic (exact) mass is 818 g/mol. The van der Waals surface area contributed by atoms with Gasteiger partial charge in [0.1, 0.15) is 13.2 Å². The molecule has 0 N–H and O–H groups in total. The predicted octanol–water partition coefficient (Wildman–Crippen LogP) is 9.88. The molecule has 4 aromatic carbocycles. The van der Waals surface area contributed by atoms with Crippen molar-refractivity contribution in [3.8, 4) is 45.6 Å². The Kier molecular flexibility index (Phi) is 13.7. The molecule has 9 nitrogen and oxygen atoms in total. The second-order valence-corrected chi connectivity index (χ2v) is 14.8. The third kappa shape index (κ3) is 10.4. The summed E-state index contributed by atoms with van der Waals surface area (Å²) in [5.74, 6) is 1.19. The summed E-state index contributed by atoms with van der Waals surface area (Å²) in [5, 5.41) is 11.4. The van der Waals surface area contributed by atoms with Gasteiger partial charge in [0, 0.05) is 49.4 Å². The van der Waals surface area contributed by atoms with Crippen molar-refractivity contribution in [2.24, 2.45) is 0 Å². The Labute approximate surface area is 341 Å². The van der Waals surface area contributed by atoms with Crippen LogP contribution in [0.25, 0.3) is 33.9 Å². The lowest BCUT2D eigenvalue weighted by molar-refractivity contribution is 0.0320. The molecule has 13 heteroatoms. The fraction of sp³-hybridized carbons (Fsp3) is 0.286. The molecule has 286 valence electrons. The Morgan fingerprint density at radius 1 is 0.509 bits per heavy atom. The van der Waals surface area contributed by atoms with Crippen LogP contribution in [0.15, 0.2) is 109 Å². The van der Waals surface area contributed by atoms with E-state index in [0.29, 0.717) is 45.1 Å². The highest BCUT2D eigenvalue weighted by molar-refractivity contribution is 6.42. The zero-order chi connectivity index (χ0) is 38.0. The Morgan fingerprint density at radius 3 is 1.38 bits per heavy atom. The standard InChI is InChI=1S/C21H21Cl2N3O2.C21H21Cl2N3O/c22-18-7-6-17(14-19(18)23)26-20(16-4-2-1-3-5-16)15-21(24-26)28-13-10-25-8-11-27-12-9-25;22-18-9-8-17(14-19(18)23)26-20(16-6-2-1-3-7-16)15-21(24-26)27-13-12-25-10-4-5-11-25/h1-7,14-15H,8-13H2;1-3,6-9,14-15H,4-5,10-13H2. The number of benzene rings is 4. The third-order valence-corrected chi connectivity index (χ3v) is 10.9. The third-order valence-electron chi connectivity index (χ3n) is 9.43. The van der Waals surface area contributed by atoms with Crippen LogP contribution in [0.2, 0.25) is 20.1 Å². The van der Waals surface area contributed by atoms with Crippen LogP contribution >= 0.6 is 46.4 Å². The Bertz CT molecular complexity index is 2130. The molecule has 4 heterocycles. The number of rotatable bonds is 12. The first-order valence-electron chi connectivity index (χ1n) is 18.4. The predicted molar refractivity (Wildman–Crippen MR) is 222 cm³/mol. The quantitative estimate of drug-likeness (QED) is 0.122. The molecule has 2 saturated heterocycles. The van der Waals surface area contributed by atoms with E-state index < -0.39 is 0 Å². The molecule has 0 bridgehead atoms. The highest BCUT2D eigenvalue weighted by Gasteiger charge is 2.17. The first kappa shape index (κ1) is 39.2. The van der Waals surface area contributed by atoms with Gasteiger partial charge in [-0.3, -0.25) is 9.80 Å². The molecular formula is C42H42Cl4N6O3. The van der Waals surface area contributed by atoms with E-state index in [9.17, 15) is 0 Å². The van der Waals surface area contributed by atoms with Gasteiger partial charge >= 0.3 is 0 Å². The second-order valence-electron chi connectivity index (χ2n) is 13.2. The fourth-order valence-corrected chi connectivity index (χ4v) is 7.09. The SMILES string of the molecule is Clc1ccc(-n2nc(OCCN3CCCC3)cc2-c2ccccc2)cc1Cl.Clc1ccc(-n2nc(OCCN3CCOCC3)cc2-c2ccccc2)cc1Cl. The van der Waals surface area contributed by atoms with E-state index in [1.807, 2.05) is 88.2 Å². The highest BCUT2D eigenvalue weighted by atomic mass is 35.5. The van der Waals surface area contributed by atoms with Gasteiger partial charge in [-0.15, -0.1) is 10.2 Å². The van der Waals surface area contributed by atoms with Crippen LogP contribution < -0.4 is 9.47 Å². The minimum atomic E-state index is 0.489. The number of nitrogens with zero attached hydrogens (tertiary/aromatic N) is 6. The van der Waals surface area contributed by atoms with Crippen LogP contribution in [0.5, 0.6) is 11.8 Å². The number of hydrogen-bond acceptors (Lipinski definition) is 7. The zero-order valence-electron chi connectivity index (χ0n) is 30.3.